The molecule has 3 rings (SSSR count). The van der Waals surface area contributed by atoms with Crippen LogP contribution in [0.3, 0.4) is 0 Å². The van der Waals surface area contributed by atoms with Crippen molar-refractivity contribution >= 4 is 17.1 Å². The molecule has 3 aromatic rings. The summed E-state index contributed by atoms with van der Waals surface area (Å²) in [5, 5.41) is 15.3. The molecule has 0 aliphatic carbocycles. The molecule has 0 unspecified atom stereocenters. The van der Waals surface area contributed by atoms with Crippen molar-refractivity contribution in [3.8, 4) is 0 Å². The molecular formula is C43H64O3S. The SMILES string of the molecule is CCCCc1cc(CCCC)c([S+](c2ccccc2)c2c(CCCC)cc(CCCC)cc2CCCC)c(CCCC)c1.O=C([O-])O. The van der Waals surface area contributed by atoms with Gasteiger partial charge in [-0.3, -0.25) is 0 Å². The molecule has 0 aromatic heterocycles. The molecule has 0 saturated carbocycles. The minimum absolute atomic E-state index is 0.103. The first-order valence-electron chi connectivity index (χ1n) is 18.8. The van der Waals surface area contributed by atoms with Gasteiger partial charge in [-0.2, -0.15) is 0 Å². The van der Waals surface area contributed by atoms with Gasteiger partial charge in [-0.25, -0.2) is 0 Å². The first kappa shape index (κ1) is 40.5. The van der Waals surface area contributed by atoms with Crippen molar-refractivity contribution in [3.63, 3.8) is 0 Å². The maximum atomic E-state index is 8.44. The number of aryl methyl sites for hydroxylation is 6. The summed E-state index contributed by atoms with van der Waals surface area (Å²) < 4.78 is 0. The van der Waals surface area contributed by atoms with Gasteiger partial charge >= 0.3 is 0 Å². The van der Waals surface area contributed by atoms with E-state index in [2.05, 4.69) is 96.1 Å². The average molecular weight is 661 g/mol. The first-order chi connectivity index (χ1) is 22.8. The Morgan fingerprint density at radius 3 is 1.09 bits per heavy atom. The van der Waals surface area contributed by atoms with E-state index in [1.165, 1.54) is 120 Å². The van der Waals surface area contributed by atoms with E-state index in [0.29, 0.717) is 0 Å². The lowest BCUT2D eigenvalue weighted by Gasteiger charge is -2.22. The topological polar surface area (TPSA) is 60.4 Å². The molecule has 0 heterocycles. The molecule has 4 heteroatoms. The zero-order valence-corrected chi connectivity index (χ0v) is 31.4. The lowest BCUT2D eigenvalue weighted by atomic mass is 9.96. The molecule has 260 valence electrons. The van der Waals surface area contributed by atoms with Gasteiger partial charge in [0.2, 0.25) is 6.16 Å². The van der Waals surface area contributed by atoms with Crippen molar-refractivity contribution in [1.29, 1.82) is 0 Å². The molecular weight excluding hydrogens is 597 g/mol. The first-order valence-corrected chi connectivity index (χ1v) is 20.1. The highest BCUT2D eigenvalue weighted by atomic mass is 32.2. The monoisotopic (exact) mass is 660 g/mol. The van der Waals surface area contributed by atoms with Gasteiger partial charge in [0.1, 0.15) is 10.9 Å². The van der Waals surface area contributed by atoms with Crippen LogP contribution in [-0.2, 0) is 49.4 Å². The van der Waals surface area contributed by atoms with Gasteiger partial charge < -0.3 is 15.0 Å². The Balaban J connectivity index is 0.00000181. The van der Waals surface area contributed by atoms with E-state index in [0.717, 1.165) is 0 Å². The van der Waals surface area contributed by atoms with Crippen LogP contribution >= 0.6 is 0 Å². The molecule has 3 nitrogen and oxygen atoms in total. The Labute approximate surface area is 291 Å². The van der Waals surface area contributed by atoms with Crippen molar-refractivity contribution < 1.29 is 15.0 Å². The van der Waals surface area contributed by atoms with Crippen molar-refractivity contribution in [3.05, 3.63) is 88.0 Å². The van der Waals surface area contributed by atoms with E-state index in [1.807, 2.05) is 0 Å². The fraction of sp³-hybridized carbons (Fsp3) is 0.558. The van der Waals surface area contributed by atoms with E-state index in [4.69, 9.17) is 15.0 Å². The Hall–Kier alpha value is -2.72. The van der Waals surface area contributed by atoms with E-state index >= 15 is 0 Å². The number of carbonyl (C=O) groups is 1. The van der Waals surface area contributed by atoms with Crippen LogP contribution in [0.4, 0.5) is 4.79 Å². The Kier molecular flexibility index (Phi) is 20.3. The molecule has 0 radical (unpaired) electrons. The second kappa shape index (κ2) is 23.6. The zero-order valence-electron chi connectivity index (χ0n) is 30.6. The summed E-state index contributed by atoms with van der Waals surface area (Å²) >= 11 is 0. The molecule has 0 aliphatic rings. The highest BCUT2D eigenvalue weighted by molar-refractivity contribution is 7.97. The van der Waals surface area contributed by atoms with Crippen molar-refractivity contribution in [2.45, 2.75) is 172 Å². The summed E-state index contributed by atoms with van der Waals surface area (Å²) in [5.41, 5.74) is 9.73. The van der Waals surface area contributed by atoms with Crippen LogP contribution in [0.25, 0.3) is 0 Å². The molecule has 1 N–H and O–H groups in total. The lowest BCUT2D eigenvalue weighted by Crippen LogP contribution is -2.17. The minimum Gasteiger partial charge on any atom is -0.565 e. The van der Waals surface area contributed by atoms with E-state index in [-0.39, 0.29) is 10.9 Å². The predicted octanol–water partition coefficient (Wildman–Crippen LogP) is 11.7. The second-order valence-corrected chi connectivity index (χ2v) is 14.9. The molecule has 0 amide bonds. The number of hydrogen-bond acceptors (Lipinski definition) is 2. The summed E-state index contributed by atoms with van der Waals surface area (Å²) in [6, 6.07) is 22.2. The largest absolute Gasteiger partial charge is 0.565 e. The van der Waals surface area contributed by atoms with Crippen LogP contribution in [0.2, 0.25) is 0 Å². The number of unbranched alkanes of at least 4 members (excludes halogenated alkanes) is 6. The van der Waals surface area contributed by atoms with Crippen molar-refractivity contribution in [1.82, 2.24) is 0 Å². The van der Waals surface area contributed by atoms with Crippen LogP contribution in [0.15, 0.2) is 69.3 Å². The molecule has 0 aliphatic heterocycles. The van der Waals surface area contributed by atoms with Crippen LogP contribution < -0.4 is 5.11 Å². The van der Waals surface area contributed by atoms with Crippen molar-refractivity contribution in [2.75, 3.05) is 0 Å². The van der Waals surface area contributed by atoms with E-state index in [9.17, 15) is 0 Å². The second-order valence-electron chi connectivity index (χ2n) is 13.0. The molecule has 0 atom stereocenters. The van der Waals surface area contributed by atoms with Gasteiger partial charge in [-0.15, -0.1) is 0 Å². The smallest absolute Gasteiger partial charge is 0.249 e. The maximum Gasteiger partial charge on any atom is 0.249 e. The molecule has 0 spiro atoms. The van der Waals surface area contributed by atoms with Crippen molar-refractivity contribution in [2.24, 2.45) is 0 Å². The zero-order chi connectivity index (χ0) is 34.4. The number of carboxylic acid groups (broad SMARTS) is 2. The average Bonchev–Trinajstić information content (AvgIpc) is 3.07. The molecule has 3 aromatic carbocycles. The van der Waals surface area contributed by atoms with Gasteiger partial charge in [0, 0.05) is 22.3 Å². The third-order valence-electron chi connectivity index (χ3n) is 8.83. The van der Waals surface area contributed by atoms with Gasteiger partial charge in [0.15, 0.2) is 14.7 Å². The van der Waals surface area contributed by atoms with Gasteiger partial charge in [0.05, 0.1) is 0 Å². The van der Waals surface area contributed by atoms with Crippen LogP contribution in [0.1, 0.15) is 152 Å². The summed E-state index contributed by atoms with van der Waals surface area (Å²) in [7, 11) is -0.103. The van der Waals surface area contributed by atoms with Crippen LogP contribution in [0.5, 0.6) is 0 Å². The standard InChI is InChI=1S/C42H63S.CH2O3/c1-7-13-22-34-30-36(24-15-9-3)41(37(31-34)25-16-10-4)43(40-28-20-19-21-29-40)42-38(26-17-11-5)32-35(23-14-8-2)33-39(42)27-18-12-6;2-1(3)4/h19-21,28-33H,7-18,22-27H2,1-6H3;(H2,2,3,4)/q+1;/p-1. The summed E-state index contributed by atoms with van der Waals surface area (Å²) in [6.07, 6.45) is 20.3. The molecule has 0 fully saturated rings. The highest BCUT2D eigenvalue weighted by Crippen LogP contribution is 2.42. The fourth-order valence-electron chi connectivity index (χ4n) is 6.33. The van der Waals surface area contributed by atoms with E-state index < -0.39 is 6.16 Å². The quantitative estimate of drug-likeness (QED) is 0.116. The maximum absolute atomic E-state index is 8.44. The van der Waals surface area contributed by atoms with Crippen LogP contribution in [-0.4, -0.2) is 11.3 Å². The third kappa shape index (κ3) is 13.7. The Bertz CT molecular complexity index is 1160. The van der Waals surface area contributed by atoms with Gasteiger partial charge in [-0.1, -0.05) is 123 Å². The minimum atomic E-state index is -2.08. The third-order valence-corrected chi connectivity index (χ3v) is 11.4. The van der Waals surface area contributed by atoms with Gasteiger partial charge in [0.25, 0.3) is 0 Å². The summed E-state index contributed by atoms with van der Waals surface area (Å²) in [6.45, 7) is 14.1. The summed E-state index contributed by atoms with van der Waals surface area (Å²) in [5.74, 6) is 0. The normalized spacial score (nSPS) is 11.0. The lowest BCUT2D eigenvalue weighted by molar-refractivity contribution is -0.275. The predicted molar refractivity (Wildman–Crippen MR) is 201 cm³/mol. The summed E-state index contributed by atoms with van der Waals surface area (Å²) in [4.78, 5) is 13.3. The Morgan fingerprint density at radius 1 is 0.532 bits per heavy atom. The van der Waals surface area contributed by atoms with E-state index in [1.54, 1.807) is 43.2 Å². The molecule has 0 bridgehead atoms. The molecule has 0 saturated heterocycles. The van der Waals surface area contributed by atoms with Gasteiger partial charge in [-0.05, 0) is 100 Å². The fourth-order valence-corrected chi connectivity index (χ4v) is 9.13. The van der Waals surface area contributed by atoms with Crippen LogP contribution in [0, 0.1) is 0 Å². The number of benzene rings is 3. The molecule has 47 heavy (non-hydrogen) atoms. The highest BCUT2D eigenvalue weighted by Gasteiger charge is 2.38. The number of rotatable bonds is 21. The number of hydrogen-bond donors (Lipinski definition) is 1. The Morgan fingerprint density at radius 2 is 0.809 bits per heavy atom.